The fraction of sp³-hybridized carbons (Fsp3) is 0.185. The lowest BCUT2D eigenvalue weighted by Gasteiger charge is -2.36. The Kier molecular flexibility index (Phi) is 4.65. The maximum absolute atomic E-state index is 6.83. The monoisotopic (exact) mass is 449 g/mol. The highest BCUT2D eigenvalue weighted by Gasteiger charge is 2.36. The molecule has 1 nitrogen and oxygen atoms in total. The number of hydrogen-bond acceptors (Lipinski definition) is 1. The summed E-state index contributed by atoms with van der Waals surface area (Å²) >= 11 is 0. The highest BCUT2D eigenvalue weighted by atomic mass is 29.6. The molecule has 1 aliphatic heterocycles. The summed E-state index contributed by atoms with van der Waals surface area (Å²) < 4.78 is 6.83. The Morgan fingerprint density at radius 2 is 1.29 bits per heavy atom. The van der Waals surface area contributed by atoms with Crippen molar-refractivity contribution >= 4 is 67.8 Å². The first kappa shape index (κ1) is 19.4. The third-order valence-electron chi connectivity index (χ3n) is 7.07. The Balaban J connectivity index is 1.69. The van der Waals surface area contributed by atoms with Crippen LogP contribution in [0, 0.1) is 0 Å². The molecule has 1 heterocycles. The Morgan fingerprint density at radius 3 is 2.06 bits per heavy atom. The van der Waals surface area contributed by atoms with Crippen molar-refractivity contribution in [2.75, 3.05) is 0 Å². The summed E-state index contributed by atoms with van der Waals surface area (Å²) in [5.74, 6) is 0. The fourth-order valence-corrected chi connectivity index (χ4v) is 19.0. The van der Waals surface area contributed by atoms with Gasteiger partial charge < -0.3 is 4.43 Å². The second kappa shape index (κ2) is 7.41. The molecule has 0 spiro atoms. The van der Waals surface area contributed by atoms with E-state index in [4.69, 9.17) is 4.43 Å². The van der Waals surface area contributed by atoms with Crippen LogP contribution in [0.25, 0.3) is 43.1 Å². The first-order chi connectivity index (χ1) is 15.1. The molecule has 1 fully saturated rings. The first-order valence-electron chi connectivity index (χ1n) is 11.0. The summed E-state index contributed by atoms with van der Waals surface area (Å²) in [4.78, 5) is 0. The van der Waals surface area contributed by atoms with Gasteiger partial charge >= 0.3 is 0 Å². The quantitative estimate of drug-likeness (QED) is 0.147. The fourth-order valence-electron chi connectivity index (χ4n) is 5.18. The molecule has 31 heavy (non-hydrogen) atoms. The molecule has 1 atom stereocenters. The number of hydrogen-bond donors (Lipinski definition) is 0. The molecule has 0 aliphatic carbocycles. The second-order valence-electron chi connectivity index (χ2n) is 8.86. The lowest BCUT2D eigenvalue weighted by atomic mass is 9.90. The Hall–Kier alpha value is -2.25. The molecule has 1 unspecified atom stereocenters. The van der Waals surface area contributed by atoms with Crippen LogP contribution in [0.2, 0.25) is 25.7 Å². The molecule has 1 aliphatic rings. The average molecular weight is 450 g/mol. The highest BCUT2D eigenvalue weighted by Crippen LogP contribution is 2.41. The average Bonchev–Trinajstić information content (AvgIpc) is 2.79. The van der Waals surface area contributed by atoms with E-state index in [1.54, 1.807) is 0 Å². The maximum atomic E-state index is 6.83. The molecule has 0 amide bonds. The summed E-state index contributed by atoms with van der Waals surface area (Å²) in [6.45, 7) is 7.48. The van der Waals surface area contributed by atoms with Crippen molar-refractivity contribution in [2.24, 2.45) is 0 Å². The van der Waals surface area contributed by atoms with Gasteiger partial charge in [0.1, 0.15) is 0 Å². The second-order valence-corrected chi connectivity index (χ2v) is 24.1. The van der Waals surface area contributed by atoms with Gasteiger partial charge in [0.2, 0.25) is 0 Å². The molecule has 0 aromatic heterocycles. The van der Waals surface area contributed by atoms with E-state index >= 15 is 0 Å². The van der Waals surface area contributed by atoms with Gasteiger partial charge in [0.25, 0.3) is 0 Å². The molecule has 5 aromatic rings. The van der Waals surface area contributed by atoms with Crippen LogP contribution < -0.4 is 0 Å². The van der Waals surface area contributed by atoms with Crippen LogP contribution in [0.3, 0.4) is 0 Å². The first-order valence-corrected chi connectivity index (χ1v) is 19.2. The Morgan fingerprint density at radius 1 is 0.645 bits per heavy atom. The molecule has 5 aromatic carbocycles. The Labute approximate surface area is 188 Å². The van der Waals surface area contributed by atoms with Crippen LogP contribution in [0.4, 0.5) is 0 Å². The Bertz CT molecular complexity index is 1450. The molecule has 6 rings (SSSR count). The van der Waals surface area contributed by atoms with Gasteiger partial charge in [-0.25, -0.2) is 0 Å². The SMILES string of the molecule is C[Si]1CC(c2c3ccccc3cc3c2ccc2cc4ccccc4cc23)O[Si](C)[Si]1C. The maximum Gasteiger partial charge on any atom is 0.188 e. The van der Waals surface area contributed by atoms with Crippen LogP contribution >= 0.6 is 0 Å². The van der Waals surface area contributed by atoms with Crippen molar-refractivity contribution in [3.8, 4) is 0 Å². The van der Waals surface area contributed by atoms with E-state index in [0.717, 1.165) is 0 Å². The minimum Gasteiger partial charge on any atom is -0.414 e. The molecule has 0 bridgehead atoms. The van der Waals surface area contributed by atoms with Crippen molar-refractivity contribution < 1.29 is 4.43 Å². The zero-order valence-corrected chi connectivity index (χ0v) is 21.2. The van der Waals surface area contributed by atoms with Gasteiger partial charge in [-0.1, -0.05) is 73.8 Å². The van der Waals surface area contributed by atoms with Crippen LogP contribution in [-0.2, 0) is 4.43 Å². The largest absolute Gasteiger partial charge is 0.414 e. The third kappa shape index (κ3) is 3.12. The van der Waals surface area contributed by atoms with E-state index in [1.807, 2.05) is 0 Å². The van der Waals surface area contributed by atoms with Crippen molar-refractivity contribution in [1.29, 1.82) is 0 Å². The van der Waals surface area contributed by atoms with Crippen LogP contribution in [-0.4, -0.2) is 24.7 Å². The van der Waals surface area contributed by atoms with Gasteiger partial charge in [-0.05, 0) is 79.4 Å². The summed E-state index contributed by atoms with van der Waals surface area (Å²) in [7, 11) is -1.24. The van der Waals surface area contributed by atoms with E-state index in [2.05, 4.69) is 98.5 Å². The van der Waals surface area contributed by atoms with Crippen LogP contribution in [0.5, 0.6) is 0 Å². The summed E-state index contributed by atoms with van der Waals surface area (Å²) in [6.07, 6.45) is 0.248. The van der Waals surface area contributed by atoms with Crippen molar-refractivity contribution in [2.45, 2.75) is 31.8 Å². The summed E-state index contributed by atoms with van der Waals surface area (Å²) in [6, 6.07) is 30.6. The lowest BCUT2D eigenvalue weighted by Crippen LogP contribution is -2.50. The number of benzene rings is 5. The van der Waals surface area contributed by atoms with Gasteiger partial charge in [0.15, 0.2) is 8.56 Å². The van der Waals surface area contributed by atoms with Gasteiger partial charge in [0.05, 0.1) is 13.9 Å². The van der Waals surface area contributed by atoms with Gasteiger partial charge in [0, 0.05) is 8.31 Å². The molecule has 3 radical (unpaired) electrons. The van der Waals surface area contributed by atoms with Gasteiger partial charge in [-0.2, -0.15) is 0 Å². The molecule has 1 saturated heterocycles. The predicted molar refractivity (Wildman–Crippen MR) is 140 cm³/mol. The normalized spacial score (nSPS) is 19.1. The molecule has 0 saturated carbocycles. The van der Waals surface area contributed by atoms with Crippen molar-refractivity contribution in [3.05, 3.63) is 84.4 Å². The molecule has 0 N–H and O–H groups in total. The van der Waals surface area contributed by atoms with E-state index < -0.39 is 8.56 Å². The zero-order valence-electron chi connectivity index (χ0n) is 18.2. The predicted octanol–water partition coefficient (Wildman–Crippen LogP) is 7.40. The van der Waals surface area contributed by atoms with Crippen molar-refractivity contribution in [1.82, 2.24) is 0 Å². The topological polar surface area (TPSA) is 9.23 Å². The summed E-state index contributed by atoms with van der Waals surface area (Å²) in [5.41, 5.74) is 1.44. The third-order valence-corrected chi connectivity index (χ3v) is 26.0. The van der Waals surface area contributed by atoms with E-state index in [0.29, 0.717) is 0 Å². The molecule has 4 heteroatoms. The highest BCUT2D eigenvalue weighted by molar-refractivity contribution is 7.48. The molecular weight excluding hydrogens is 425 g/mol. The lowest BCUT2D eigenvalue weighted by molar-refractivity contribution is 0.236. The number of rotatable bonds is 1. The van der Waals surface area contributed by atoms with E-state index in [1.165, 1.54) is 54.7 Å². The minimum absolute atomic E-state index is 0.248. The van der Waals surface area contributed by atoms with Gasteiger partial charge in [-0.3, -0.25) is 0 Å². The molecule has 151 valence electrons. The van der Waals surface area contributed by atoms with Gasteiger partial charge in [-0.15, -0.1) is 0 Å². The standard InChI is InChI=1S/C27H25OSi3/c1-29-17-26(28-30(2)31(29)3)27-22-11-7-6-10-20(22)16-25-23(27)13-12-21-14-18-8-4-5-9-19(18)15-24(21)25/h4-16,26H,17H2,1-3H3. The van der Waals surface area contributed by atoms with Crippen LogP contribution in [0.1, 0.15) is 11.7 Å². The van der Waals surface area contributed by atoms with Crippen LogP contribution in [0.15, 0.2) is 78.9 Å². The molecular formula is C27H25OSi3. The van der Waals surface area contributed by atoms with E-state index in [-0.39, 0.29) is 22.3 Å². The smallest absolute Gasteiger partial charge is 0.188 e. The minimum atomic E-state index is -0.674. The number of fused-ring (bicyclic) bond motifs is 5. The van der Waals surface area contributed by atoms with E-state index in [9.17, 15) is 0 Å². The summed E-state index contributed by atoms with van der Waals surface area (Å²) in [5, 5.41) is 10.7. The van der Waals surface area contributed by atoms with Crippen molar-refractivity contribution in [3.63, 3.8) is 0 Å². The zero-order chi connectivity index (χ0) is 21.1.